The number of amides is 1. The molecule has 1 saturated heterocycles. The van der Waals surface area contributed by atoms with Crippen LogP contribution in [0.4, 0.5) is 4.39 Å². The quantitative estimate of drug-likeness (QED) is 0.826. The Bertz CT molecular complexity index is 619. The highest BCUT2D eigenvalue weighted by atomic mass is 19.1. The van der Waals surface area contributed by atoms with Gasteiger partial charge in [0.05, 0.1) is 6.10 Å². The molecule has 1 heterocycles. The third-order valence-electron chi connectivity index (χ3n) is 5.60. The number of benzene rings is 1. The van der Waals surface area contributed by atoms with Crippen molar-refractivity contribution in [2.24, 2.45) is 11.7 Å². The largest absolute Gasteiger partial charge is 0.487 e. The molecule has 0 radical (unpaired) electrons. The molecule has 150 valence electrons. The third kappa shape index (κ3) is 5.20. The lowest BCUT2D eigenvalue weighted by Gasteiger charge is -2.38. The Morgan fingerprint density at radius 3 is 2.63 bits per heavy atom. The molecule has 2 N–H and O–H groups in total. The second-order valence-corrected chi connectivity index (χ2v) is 7.66. The summed E-state index contributed by atoms with van der Waals surface area (Å²) in [7, 11) is 0. The maximum absolute atomic E-state index is 13.7. The van der Waals surface area contributed by atoms with Crippen LogP contribution in [0.3, 0.4) is 0 Å². The summed E-state index contributed by atoms with van der Waals surface area (Å²) >= 11 is 0. The summed E-state index contributed by atoms with van der Waals surface area (Å²) in [6.07, 6.45) is 4.84. The zero-order valence-electron chi connectivity index (χ0n) is 16.1. The highest BCUT2D eigenvalue weighted by molar-refractivity contribution is 5.79. The number of hydrogen-bond donors (Lipinski definition) is 1. The molecule has 2 fully saturated rings. The van der Waals surface area contributed by atoms with Crippen LogP contribution in [0.2, 0.25) is 0 Å². The fraction of sp³-hybridized carbons (Fsp3) is 0.667. The van der Waals surface area contributed by atoms with Gasteiger partial charge >= 0.3 is 0 Å². The first-order valence-electron chi connectivity index (χ1n) is 10.2. The molecule has 1 saturated carbocycles. The van der Waals surface area contributed by atoms with E-state index in [1.807, 2.05) is 4.90 Å². The lowest BCUT2D eigenvalue weighted by Crippen LogP contribution is -2.49. The first-order chi connectivity index (χ1) is 13.1. The standard InChI is InChI=1S/C21H31FN2O3/c1-2-13-26-20-8-7-15(14-18(20)23)21(25)24-11-9-16(10-12-24)27-19-6-4-3-5-17(19)22/h3-6,15-16,18,20H,2,7-14,23H2,1H3/t15-,18+,20+/m0/s1. The second-order valence-electron chi connectivity index (χ2n) is 7.66. The van der Waals surface area contributed by atoms with Gasteiger partial charge in [-0.3, -0.25) is 4.79 Å². The maximum atomic E-state index is 13.7. The molecule has 5 nitrogen and oxygen atoms in total. The number of rotatable bonds is 6. The molecular formula is C21H31FN2O3. The summed E-state index contributed by atoms with van der Waals surface area (Å²) < 4.78 is 25.3. The number of nitrogens with zero attached hydrogens (tertiary/aromatic N) is 1. The molecule has 1 aromatic rings. The number of carbonyl (C=O) groups excluding carboxylic acids is 1. The van der Waals surface area contributed by atoms with Gasteiger partial charge in [-0.05, 0) is 37.8 Å². The van der Waals surface area contributed by atoms with E-state index < -0.39 is 0 Å². The molecule has 0 unspecified atom stereocenters. The first kappa shape index (κ1) is 20.1. The van der Waals surface area contributed by atoms with E-state index in [1.165, 1.54) is 6.07 Å². The molecule has 1 amide bonds. The van der Waals surface area contributed by atoms with E-state index in [-0.39, 0.29) is 35.9 Å². The predicted molar refractivity (Wildman–Crippen MR) is 102 cm³/mol. The Morgan fingerprint density at radius 2 is 1.96 bits per heavy atom. The molecule has 27 heavy (non-hydrogen) atoms. The van der Waals surface area contributed by atoms with Crippen LogP contribution in [-0.2, 0) is 9.53 Å². The van der Waals surface area contributed by atoms with E-state index in [1.54, 1.807) is 18.2 Å². The number of carbonyl (C=O) groups is 1. The number of para-hydroxylation sites is 1. The highest BCUT2D eigenvalue weighted by Crippen LogP contribution is 2.29. The van der Waals surface area contributed by atoms with Crippen molar-refractivity contribution in [3.8, 4) is 5.75 Å². The van der Waals surface area contributed by atoms with E-state index in [4.69, 9.17) is 15.2 Å². The molecule has 6 heteroatoms. The molecule has 1 aromatic carbocycles. The molecule has 3 rings (SSSR count). The number of ether oxygens (including phenoxy) is 2. The maximum Gasteiger partial charge on any atom is 0.225 e. The predicted octanol–water partition coefficient (Wildman–Crippen LogP) is 3.12. The van der Waals surface area contributed by atoms with Crippen molar-refractivity contribution < 1.29 is 18.7 Å². The van der Waals surface area contributed by atoms with Crippen molar-refractivity contribution in [1.29, 1.82) is 0 Å². The molecule has 3 atom stereocenters. The van der Waals surface area contributed by atoms with Gasteiger partial charge in [-0.25, -0.2) is 4.39 Å². The van der Waals surface area contributed by atoms with Gasteiger partial charge in [0.1, 0.15) is 6.10 Å². The number of nitrogens with two attached hydrogens (primary N) is 1. The fourth-order valence-corrected chi connectivity index (χ4v) is 4.05. The Morgan fingerprint density at radius 1 is 1.22 bits per heavy atom. The number of piperidine rings is 1. The van der Waals surface area contributed by atoms with Crippen molar-refractivity contribution in [2.75, 3.05) is 19.7 Å². The Kier molecular flexibility index (Phi) is 7.07. The first-order valence-corrected chi connectivity index (χ1v) is 10.2. The second kappa shape index (κ2) is 9.51. The number of likely N-dealkylation sites (tertiary alicyclic amines) is 1. The third-order valence-corrected chi connectivity index (χ3v) is 5.60. The summed E-state index contributed by atoms with van der Waals surface area (Å²) in [5.74, 6) is 0.139. The van der Waals surface area contributed by atoms with Gasteiger partial charge in [0.25, 0.3) is 0 Å². The van der Waals surface area contributed by atoms with Crippen LogP contribution in [-0.4, -0.2) is 48.8 Å². The molecule has 0 aromatic heterocycles. The highest BCUT2D eigenvalue weighted by Gasteiger charge is 2.35. The zero-order chi connectivity index (χ0) is 19.2. The van der Waals surface area contributed by atoms with Crippen molar-refractivity contribution >= 4 is 5.91 Å². The summed E-state index contributed by atoms with van der Waals surface area (Å²) in [4.78, 5) is 14.8. The molecule has 1 aliphatic heterocycles. The Hall–Kier alpha value is -1.66. The van der Waals surface area contributed by atoms with E-state index in [0.717, 1.165) is 38.7 Å². The Labute approximate surface area is 161 Å². The van der Waals surface area contributed by atoms with Crippen LogP contribution in [0.1, 0.15) is 45.4 Å². The smallest absolute Gasteiger partial charge is 0.225 e. The molecule has 2 aliphatic rings. The average molecular weight is 378 g/mol. The van der Waals surface area contributed by atoms with Gasteiger partial charge in [-0.2, -0.15) is 0 Å². The van der Waals surface area contributed by atoms with Gasteiger partial charge in [0, 0.05) is 44.5 Å². The van der Waals surface area contributed by atoms with E-state index >= 15 is 0 Å². The van der Waals surface area contributed by atoms with Crippen LogP contribution in [0.25, 0.3) is 0 Å². The van der Waals surface area contributed by atoms with E-state index in [0.29, 0.717) is 25.3 Å². The van der Waals surface area contributed by atoms with Gasteiger partial charge < -0.3 is 20.1 Å². The molecule has 0 bridgehead atoms. The van der Waals surface area contributed by atoms with Crippen LogP contribution in [0, 0.1) is 11.7 Å². The summed E-state index contributed by atoms with van der Waals surface area (Å²) in [6, 6.07) is 6.39. The van der Waals surface area contributed by atoms with Gasteiger partial charge in [-0.15, -0.1) is 0 Å². The lowest BCUT2D eigenvalue weighted by molar-refractivity contribution is -0.139. The number of hydrogen-bond acceptors (Lipinski definition) is 4. The van der Waals surface area contributed by atoms with Crippen LogP contribution < -0.4 is 10.5 Å². The molecular weight excluding hydrogens is 347 g/mol. The normalized spacial score (nSPS) is 26.8. The summed E-state index contributed by atoms with van der Waals surface area (Å²) in [5.41, 5.74) is 6.25. The number of halogens is 1. The zero-order valence-corrected chi connectivity index (χ0v) is 16.1. The van der Waals surface area contributed by atoms with Gasteiger partial charge in [0.2, 0.25) is 5.91 Å². The van der Waals surface area contributed by atoms with Gasteiger partial charge in [0.15, 0.2) is 11.6 Å². The van der Waals surface area contributed by atoms with Crippen LogP contribution >= 0.6 is 0 Å². The van der Waals surface area contributed by atoms with Crippen molar-refractivity contribution in [2.45, 2.75) is 63.7 Å². The lowest BCUT2D eigenvalue weighted by atomic mass is 9.83. The fourth-order valence-electron chi connectivity index (χ4n) is 4.05. The van der Waals surface area contributed by atoms with E-state index in [9.17, 15) is 9.18 Å². The minimum Gasteiger partial charge on any atom is -0.487 e. The van der Waals surface area contributed by atoms with Crippen LogP contribution in [0.5, 0.6) is 5.75 Å². The summed E-state index contributed by atoms with van der Waals surface area (Å²) in [6.45, 7) is 4.12. The van der Waals surface area contributed by atoms with Crippen LogP contribution in [0.15, 0.2) is 24.3 Å². The summed E-state index contributed by atoms with van der Waals surface area (Å²) in [5, 5.41) is 0. The molecule has 0 spiro atoms. The topological polar surface area (TPSA) is 64.8 Å². The van der Waals surface area contributed by atoms with Crippen molar-refractivity contribution in [3.63, 3.8) is 0 Å². The monoisotopic (exact) mass is 378 g/mol. The van der Waals surface area contributed by atoms with Crippen molar-refractivity contribution in [3.05, 3.63) is 30.1 Å². The molecule has 1 aliphatic carbocycles. The minimum atomic E-state index is -0.341. The SMILES string of the molecule is CCCO[C@@H]1CC[C@H](C(=O)N2CCC(Oc3ccccc3F)CC2)C[C@H]1N. The van der Waals surface area contributed by atoms with Gasteiger partial charge in [-0.1, -0.05) is 19.1 Å². The van der Waals surface area contributed by atoms with Crippen molar-refractivity contribution in [1.82, 2.24) is 4.90 Å². The minimum absolute atomic E-state index is 0.00878. The average Bonchev–Trinajstić information content (AvgIpc) is 2.69. The van der Waals surface area contributed by atoms with E-state index in [2.05, 4.69) is 6.92 Å². The Balaban J connectivity index is 1.45.